The first-order chi connectivity index (χ1) is 17.1. The lowest BCUT2D eigenvalue weighted by Crippen LogP contribution is -2.37. The molecule has 1 aromatic carbocycles. The number of amides is 1. The van der Waals surface area contributed by atoms with E-state index in [4.69, 9.17) is 23.7 Å². The van der Waals surface area contributed by atoms with Crippen LogP contribution in [0.25, 0.3) is 0 Å². The van der Waals surface area contributed by atoms with Gasteiger partial charge in [0.1, 0.15) is 19.0 Å². The third-order valence-corrected chi connectivity index (χ3v) is 5.02. The Kier molecular flexibility index (Phi) is 8.12. The lowest BCUT2D eigenvalue weighted by atomic mass is 10.3. The number of aromatic nitrogens is 3. The molecule has 0 atom stereocenters. The van der Waals surface area contributed by atoms with Crippen LogP contribution in [0.15, 0.2) is 48.7 Å². The molecule has 1 amide bonds. The Morgan fingerprint density at radius 2 is 1.83 bits per heavy atom. The van der Waals surface area contributed by atoms with Gasteiger partial charge in [-0.1, -0.05) is 18.2 Å². The summed E-state index contributed by atoms with van der Waals surface area (Å²) in [5.41, 5.74) is 0.594. The van der Waals surface area contributed by atoms with Crippen molar-refractivity contribution in [2.24, 2.45) is 0 Å². The summed E-state index contributed by atoms with van der Waals surface area (Å²) in [5, 5.41) is 2.55. The predicted octanol–water partition coefficient (Wildman–Crippen LogP) is 3.45. The van der Waals surface area contributed by atoms with Crippen LogP contribution in [-0.4, -0.2) is 67.7 Å². The highest BCUT2D eigenvalue weighted by Crippen LogP contribution is 2.38. The fourth-order valence-corrected chi connectivity index (χ4v) is 3.31. The van der Waals surface area contributed by atoms with Gasteiger partial charge in [-0.2, -0.15) is 4.98 Å². The van der Waals surface area contributed by atoms with Gasteiger partial charge in [0.2, 0.25) is 11.7 Å². The van der Waals surface area contributed by atoms with Crippen LogP contribution in [0, 0.1) is 6.92 Å². The van der Waals surface area contributed by atoms with E-state index in [9.17, 15) is 4.79 Å². The highest BCUT2D eigenvalue weighted by molar-refractivity contribution is 5.83. The maximum Gasteiger partial charge on any atom is 0.412 e. The molecule has 0 spiro atoms. The van der Waals surface area contributed by atoms with Crippen LogP contribution in [0.3, 0.4) is 0 Å². The topological polar surface area (TPSA) is 117 Å². The van der Waals surface area contributed by atoms with Crippen molar-refractivity contribution >= 4 is 17.9 Å². The monoisotopic (exact) mass is 481 g/mol. The molecule has 4 rings (SSSR count). The molecule has 184 valence electrons. The van der Waals surface area contributed by atoms with Crippen LogP contribution in [-0.2, 0) is 9.47 Å². The van der Waals surface area contributed by atoms with Gasteiger partial charge in [-0.25, -0.2) is 14.8 Å². The molecule has 11 nitrogen and oxygen atoms in total. The van der Waals surface area contributed by atoms with E-state index in [0.29, 0.717) is 61.0 Å². The van der Waals surface area contributed by atoms with Gasteiger partial charge in [0.15, 0.2) is 11.5 Å². The van der Waals surface area contributed by atoms with E-state index < -0.39 is 6.09 Å². The Hall–Kier alpha value is -4.12. The summed E-state index contributed by atoms with van der Waals surface area (Å²) in [7, 11) is 1.57. The Labute approximate surface area is 203 Å². The van der Waals surface area contributed by atoms with Crippen molar-refractivity contribution in [1.29, 1.82) is 0 Å². The fourth-order valence-electron chi connectivity index (χ4n) is 3.31. The summed E-state index contributed by atoms with van der Waals surface area (Å²) in [6.45, 7) is 4.39. The molecule has 0 bridgehead atoms. The number of pyridine rings is 1. The summed E-state index contributed by atoms with van der Waals surface area (Å²) in [6.07, 6.45) is 0.941. The van der Waals surface area contributed by atoms with E-state index in [2.05, 4.69) is 20.3 Å². The minimum Gasteiger partial charge on any atom is -0.493 e. The summed E-state index contributed by atoms with van der Waals surface area (Å²) >= 11 is 0. The number of aryl methyl sites for hydroxylation is 1. The average Bonchev–Trinajstić information content (AvgIpc) is 2.89. The molecule has 1 aliphatic heterocycles. The number of nitrogens with one attached hydrogen (secondary N) is 1. The van der Waals surface area contributed by atoms with E-state index in [0.717, 1.165) is 0 Å². The molecule has 35 heavy (non-hydrogen) atoms. The second-order valence-corrected chi connectivity index (χ2v) is 7.42. The van der Waals surface area contributed by atoms with Gasteiger partial charge in [0.25, 0.3) is 5.88 Å². The number of anilines is 2. The second kappa shape index (κ2) is 11.8. The molecule has 0 unspecified atom stereocenters. The Bertz CT molecular complexity index is 1120. The second-order valence-electron chi connectivity index (χ2n) is 7.42. The number of carbonyl (C=O) groups is 1. The lowest BCUT2D eigenvalue weighted by Gasteiger charge is -2.27. The smallest absolute Gasteiger partial charge is 0.412 e. The van der Waals surface area contributed by atoms with E-state index in [-0.39, 0.29) is 19.1 Å². The summed E-state index contributed by atoms with van der Waals surface area (Å²) in [4.78, 5) is 27.3. The molecule has 1 aliphatic rings. The highest BCUT2D eigenvalue weighted by atomic mass is 16.6. The van der Waals surface area contributed by atoms with E-state index in [1.54, 1.807) is 43.6 Å². The molecule has 1 fully saturated rings. The molecule has 1 saturated heterocycles. The molecular formula is C24H27N5O6. The van der Waals surface area contributed by atoms with Gasteiger partial charge in [0, 0.05) is 19.3 Å². The zero-order chi connectivity index (χ0) is 24.5. The van der Waals surface area contributed by atoms with Crippen LogP contribution in [0.1, 0.15) is 5.69 Å². The number of ether oxygens (including phenoxy) is 5. The van der Waals surface area contributed by atoms with Crippen LogP contribution >= 0.6 is 0 Å². The molecule has 1 N–H and O–H groups in total. The number of benzene rings is 1. The number of carbonyl (C=O) groups excluding carboxylic acids is 1. The maximum atomic E-state index is 12.0. The first kappa shape index (κ1) is 24.0. The van der Waals surface area contributed by atoms with Crippen molar-refractivity contribution in [2.75, 3.05) is 56.8 Å². The zero-order valence-corrected chi connectivity index (χ0v) is 19.6. The standard InChI is InChI=1S/C24H27N5O6/c1-17-21(35-19-8-4-3-7-18(19)31-2)22(28-23(26-17)29-11-13-32-14-12-29)33-15-16-34-24(30)27-20-9-5-6-10-25-20/h3-10H,11-16H2,1-2H3,(H,25,27,30). The third kappa shape index (κ3) is 6.48. The first-order valence-electron chi connectivity index (χ1n) is 11.1. The quantitative estimate of drug-likeness (QED) is 0.455. The van der Waals surface area contributed by atoms with Crippen LogP contribution in [0.5, 0.6) is 23.1 Å². The predicted molar refractivity (Wildman–Crippen MR) is 128 cm³/mol. The molecule has 0 radical (unpaired) electrons. The number of morpholine rings is 1. The Balaban J connectivity index is 1.47. The number of methoxy groups -OCH3 is 1. The molecule has 3 aromatic rings. The number of rotatable bonds is 9. The van der Waals surface area contributed by atoms with Crippen molar-refractivity contribution in [2.45, 2.75) is 6.92 Å². The van der Waals surface area contributed by atoms with Crippen molar-refractivity contribution in [3.05, 3.63) is 54.4 Å². The van der Waals surface area contributed by atoms with Crippen molar-refractivity contribution < 1.29 is 28.5 Å². The van der Waals surface area contributed by atoms with Crippen LogP contribution < -0.4 is 24.4 Å². The summed E-state index contributed by atoms with van der Waals surface area (Å²) < 4.78 is 28.0. The molecular weight excluding hydrogens is 454 g/mol. The minimum absolute atomic E-state index is 0.0112. The van der Waals surface area contributed by atoms with Gasteiger partial charge in [-0.3, -0.25) is 5.32 Å². The molecule has 3 heterocycles. The fraction of sp³-hybridized carbons (Fsp3) is 0.333. The SMILES string of the molecule is COc1ccccc1Oc1c(C)nc(N2CCOCC2)nc1OCCOC(=O)Nc1ccccn1. The number of hydrogen-bond donors (Lipinski definition) is 1. The molecule has 0 aliphatic carbocycles. The van der Waals surface area contributed by atoms with Gasteiger partial charge in [-0.05, 0) is 31.2 Å². The van der Waals surface area contributed by atoms with E-state index >= 15 is 0 Å². The van der Waals surface area contributed by atoms with Gasteiger partial charge in [-0.15, -0.1) is 0 Å². The summed E-state index contributed by atoms with van der Waals surface area (Å²) in [5.74, 6) is 2.55. The zero-order valence-electron chi connectivity index (χ0n) is 19.6. The molecule has 11 heteroatoms. The Morgan fingerprint density at radius 1 is 1.06 bits per heavy atom. The van der Waals surface area contributed by atoms with E-state index in [1.807, 2.05) is 24.0 Å². The number of hydrogen-bond acceptors (Lipinski definition) is 10. The molecule has 2 aromatic heterocycles. The highest BCUT2D eigenvalue weighted by Gasteiger charge is 2.22. The van der Waals surface area contributed by atoms with Gasteiger partial charge < -0.3 is 28.6 Å². The average molecular weight is 482 g/mol. The largest absolute Gasteiger partial charge is 0.493 e. The Morgan fingerprint density at radius 3 is 2.57 bits per heavy atom. The van der Waals surface area contributed by atoms with Crippen LogP contribution in [0.4, 0.5) is 16.6 Å². The normalized spacial score (nSPS) is 13.1. The van der Waals surface area contributed by atoms with Gasteiger partial charge >= 0.3 is 6.09 Å². The lowest BCUT2D eigenvalue weighted by molar-refractivity contribution is 0.121. The van der Waals surface area contributed by atoms with Crippen molar-refractivity contribution in [3.63, 3.8) is 0 Å². The minimum atomic E-state index is -0.634. The number of nitrogens with zero attached hydrogens (tertiary/aromatic N) is 4. The van der Waals surface area contributed by atoms with Crippen molar-refractivity contribution in [3.8, 4) is 23.1 Å². The van der Waals surface area contributed by atoms with E-state index in [1.165, 1.54) is 0 Å². The summed E-state index contributed by atoms with van der Waals surface area (Å²) in [6, 6.07) is 12.4. The van der Waals surface area contributed by atoms with Crippen molar-refractivity contribution in [1.82, 2.24) is 15.0 Å². The number of para-hydroxylation sites is 2. The van der Waals surface area contributed by atoms with Crippen LogP contribution in [0.2, 0.25) is 0 Å². The maximum absolute atomic E-state index is 12.0. The first-order valence-corrected chi connectivity index (χ1v) is 11.1. The molecule has 0 saturated carbocycles. The van der Waals surface area contributed by atoms with Gasteiger partial charge in [0.05, 0.1) is 26.0 Å². The third-order valence-electron chi connectivity index (χ3n) is 5.02.